The number of ketones is 1. The Bertz CT molecular complexity index is 238. The molecule has 0 unspecified atom stereocenters. The quantitative estimate of drug-likeness (QED) is 0.596. The number of nitrogens with one attached hydrogen (secondary N) is 1. The smallest absolute Gasteiger partial charge is 0.220 e. The summed E-state index contributed by atoms with van der Waals surface area (Å²) < 4.78 is 0. The molecule has 1 heterocycles. The van der Waals surface area contributed by atoms with Crippen LogP contribution in [0.25, 0.3) is 0 Å². The molecule has 0 aromatic heterocycles. The summed E-state index contributed by atoms with van der Waals surface area (Å²) in [5.74, 6) is 0.506. The number of carbonyl (C=O) groups is 2. The standard InChI is InChI=1S/C9H13NO2.C2H4/c11-7-1-4-9(5-2-7)6-3-8(12)10-9;1-2/h1-6H2,(H,10,12);1-2H2. The van der Waals surface area contributed by atoms with Gasteiger partial charge in [0.05, 0.1) is 0 Å². The zero-order valence-corrected chi connectivity index (χ0v) is 8.47. The lowest BCUT2D eigenvalue weighted by atomic mass is 9.80. The summed E-state index contributed by atoms with van der Waals surface area (Å²) in [6, 6.07) is 0. The van der Waals surface area contributed by atoms with E-state index in [1.807, 2.05) is 0 Å². The first-order chi connectivity index (χ1) is 6.70. The van der Waals surface area contributed by atoms with Gasteiger partial charge < -0.3 is 5.32 Å². The van der Waals surface area contributed by atoms with E-state index >= 15 is 0 Å². The van der Waals surface area contributed by atoms with Crippen molar-refractivity contribution in [3.8, 4) is 0 Å². The van der Waals surface area contributed by atoms with Crippen LogP contribution >= 0.6 is 0 Å². The number of hydrogen-bond donors (Lipinski definition) is 1. The number of amides is 1. The van der Waals surface area contributed by atoms with Gasteiger partial charge in [0.2, 0.25) is 5.91 Å². The van der Waals surface area contributed by atoms with Gasteiger partial charge in [-0.1, -0.05) is 0 Å². The summed E-state index contributed by atoms with van der Waals surface area (Å²) >= 11 is 0. The number of Topliss-reactive ketones (excluding diaryl/α,β-unsaturated/α-hetero) is 1. The minimum atomic E-state index is 0.00495. The van der Waals surface area contributed by atoms with E-state index < -0.39 is 0 Å². The third-order valence-electron chi connectivity index (χ3n) is 3.00. The Balaban J connectivity index is 0.000000461. The van der Waals surface area contributed by atoms with Gasteiger partial charge in [-0.2, -0.15) is 0 Å². The molecule has 3 heteroatoms. The van der Waals surface area contributed by atoms with Crippen molar-refractivity contribution in [2.45, 2.75) is 44.1 Å². The molecular formula is C11H17NO2. The van der Waals surface area contributed by atoms with Crippen molar-refractivity contribution in [2.24, 2.45) is 0 Å². The van der Waals surface area contributed by atoms with E-state index in [4.69, 9.17) is 0 Å². The van der Waals surface area contributed by atoms with E-state index in [2.05, 4.69) is 18.5 Å². The van der Waals surface area contributed by atoms with Crippen molar-refractivity contribution in [3.05, 3.63) is 13.2 Å². The molecule has 3 nitrogen and oxygen atoms in total. The Morgan fingerprint density at radius 1 is 1.00 bits per heavy atom. The molecule has 1 spiro atoms. The van der Waals surface area contributed by atoms with Gasteiger partial charge in [-0.15, -0.1) is 13.2 Å². The van der Waals surface area contributed by atoms with E-state index in [9.17, 15) is 9.59 Å². The van der Waals surface area contributed by atoms with Crippen LogP contribution < -0.4 is 5.32 Å². The summed E-state index contributed by atoms with van der Waals surface area (Å²) in [4.78, 5) is 22.0. The van der Waals surface area contributed by atoms with E-state index in [-0.39, 0.29) is 11.4 Å². The highest BCUT2D eigenvalue weighted by Crippen LogP contribution is 2.33. The van der Waals surface area contributed by atoms with E-state index in [0.717, 1.165) is 19.3 Å². The predicted octanol–water partition coefficient (Wildman–Crippen LogP) is 1.58. The minimum Gasteiger partial charge on any atom is -0.351 e. The van der Waals surface area contributed by atoms with Crippen LogP contribution in [0.1, 0.15) is 38.5 Å². The molecule has 14 heavy (non-hydrogen) atoms. The second-order valence-electron chi connectivity index (χ2n) is 3.87. The monoisotopic (exact) mass is 195 g/mol. The van der Waals surface area contributed by atoms with Crippen LogP contribution in [0.15, 0.2) is 13.2 Å². The van der Waals surface area contributed by atoms with Gasteiger partial charge in [-0.3, -0.25) is 9.59 Å². The molecule has 0 bridgehead atoms. The van der Waals surface area contributed by atoms with E-state index in [0.29, 0.717) is 25.0 Å². The number of carbonyl (C=O) groups excluding carboxylic acids is 2. The first-order valence-corrected chi connectivity index (χ1v) is 5.03. The van der Waals surface area contributed by atoms with Crippen LogP contribution in [-0.4, -0.2) is 17.2 Å². The third kappa shape index (κ3) is 2.22. The summed E-state index contributed by atoms with van der Waals surface area (Å²) in [6.07, 6.45) is 4.60. The maximum absolute atomic E-state index is 11.0. The van der Waals surface area contributed by atoms with Crippen molar-refractivity contribution in [1.29, 1.82) is 0 Å². The van der Waals surface area contributed by atoms with E-state index in [1.54, 1.807) is 0 Å². The molecule has 0 atom stereocenters. The van der Waals surface area contributed by atoms with Gasteiger partial charge in [-0.25, -0.2) is 0 Å². The van der Waals surface area contributed by atoms with Crippen molar-refractivity contribution in [2.75, 3.05) is 0 Å². The lowest BCUT2D eigenvalue weighted by molar-refractivity contribution is -0.123. The number of rotatable bonds is 0. The Morgan fingerprint density at radius 2 is 1.50 bits per heavy atom. The molecule has 78 valence electrons. The Labute approximate surface area is 84.6 Å². The lowest BCUT2D eigenvalue weighted by Gasteiger charge is -2.32. The van der Waals surface area contributed by atoms with Gasteiger partial charge in [0.25, 0.3) is 0 Å². The molecule has 1 saturated heterocycles. The summed E-state index contributed by atoms with van der Waals surface area (Å²) in [5, 5.41) is 3.00. The molecule has 1 aliphatic carbocycles. The molecule has 1 amide bonds. The molecule has 1 saturated carbocycles. The highest BCUT2D eigenvalue weighted by atomic mass is 16.2. The van der Waals surface area contributed by atoms with Crippen LogP contribution in [-0.2, 0) is 9.59 Å². The highest BCUT2D eigenvalue weighted by Gasteiger charge is 2.39. The molecule has 0 aromatic rings. The fourth-order valence-electron chi connectivity index (χ4n) is 2.16. The van der Waals surface area contributed by atoms with Gasteiger partial charge in [0.1, 0.15) is 5.78 Å². The first kappa shape index (κ1) is 11.0. The second-order valence-corrected chi connectivity index (χ2v) is 3.87. The number of hydrogen-bond acceptors (Lipinski definition) is 2. The van der Waals surface area contributed by atoms with Crippen molar-refractivity contribution in [3.63, 3.8) is 0 Å². The zero-order valence-electron chi connectivity index (χ0n) is 8.47. The second kappa shape index (κ2) is 4.40. The summed E-state index contributed by atoms with van der Waals surface area (Å²) in [7, 11) is 0. The average Bonchev–Trinajstić information content (AvgIpc) is 2.57. The normalized spacial score (nSPS) is 24.0. The van der Waals surface area contributed by atoms with Crippen LogP contribution in [0, 0.1) is 0 Å². The predicted molar refractivity (Wildman–Crippen MR) is 54.8 cm³/mol. The maximum Gasteiger partial charge on any atom is 0.220 e. The summed E-state index contributed by atoms with van der Waals surface area (Å²) in [6.45, 7) is 6.00. The SMILES string of the molecule is C=C.O=C1CCC2(CC1)CCC(=O)N2. The van der Waals surface area contributed by atoms with Crippen LogP contribution in [0.5, 0.6) is 0 Å². The third-order valence-corrected chi connectivity index (χ3v) is 3.00. The van der Waals surface area contributed by atoms with Crippen LogP contribution in [0.4, 0.5) is 0 Å². The lowest BCUT2D eigenvalue weighted by Crippen LogP contribution is -2.44. The van der Waals surface area contributed by atoms with Crippen molar-refractivity contribution < 1.29 is 9.59 Å². The van der Waals surface area contributed by atoms with E-state index in [1.165, 1.54) is 0 Å². The van der Waals surface area contributed by atoms with Gasteiger partial charge in [0.15, 0.2) is 0 Å². The van der Waals surface area contributed by atoms with Crippen LogP contribution in [0.3, 0.4) is 0 Å². The Hall–Kier alpha value is -1.12. The van der Waals surface area contributed by atoms with Gasteiger partial charge >= 0.3 is 0 Å². The maximum atomic E-state index is 11.0. The topological polar surface area (TPSA) is 46.2 Å². The van der Waals surface area contributed by atoms with Gasteiger partial charge in [-0.05, 0) is 19.3 Å². The Kier molecular flexibility index (Phi) is 3.44. The molecule has 2 rings (SSSR count). The largest absolute Gasteiger partial charge is 0.351 e. The molecule has 1 N–H and O–H groups in total. The highest BCUT2D eigenvalue weighted by molar-refractivity contribution is 5.82. The van der Waals surface area contributed by atoms with Crippen molar-refractivity contribution >= 4 is 11.7 Å². The molecule has 0 radical (unpaired) electrons. The fraction of sp³-hybridized carbons (Fsp3) is 0.636. The average molecular weight is 195 g/mol. The zero-order chi connectivity index (χ0) is 10.6. The molecule has 2 fully saturated rings. The van der Waals surface area contributed by atoms with Gasteiger partial charge in [0, 0.05) is 24.8 Å². The fourth-order valence-corrected chi connectivity index (χ4v) is 2.16. The summed E-state index contributed by atoms with van der Waals surface area (Å²) in [5.41, 5.74) is 0.00495. The molecule has 0 aromatic carbocycles. The first-order valence-electron chi connectivity index (χ1n) is 5.03. The Morgan fingerprint density at radius 3 is 1.93 bits per heavy atom. The molecular weight excluding hydrogens is 178 g/mol. The van der Waals surface area contributed by atoms with Crippen LogP contribution in [0.2, 0.25) is 0 Å². The van der Waals surface area contributed by atoms with Crippen molar-refractivity contribution in [1.82, 2.24) is 5.32 Å². The minimum absolute atomic E-state index is 0.00495. The molecule has 1 aliphatic heterocycles. The molecule has 2 aliphatic rings.